The number of imidazole rings is 1. The van der Waals surface area contributed by atoms with Crippen molar-refractivity contribution in [3.8, 4) is 16.9 Å². The second-order valence-corrected chi connectivity index (χ2v) is 10.7. The highest BCUT2D eigenvalue weighted by Gasteiger charge is 2.46. The number of rotatable bonds is 3. The molecule has 9 nitrogen and oxygen atoms in total. The molecule has 4 aromatic rings. The fourth-order valence-corrected chi connectivity index (χ4v) is 6.09. The lowest BCUT2D eigenvalue weighted by atomic mass is 9.98. The van der Waals surface area contributed by atoms with Crippen molar-refractivity contribution in [2.75, 3.05) is 51.9 Å². The quantitative estimate of drug-likeness (QED) is 0.425. The molecule has 6 heterocycles. The van der Waals surface area contributed by atoms with Crippen LogP contribution in [0.15, 0.2) is 35.4 Å². The number of pyridine rings is 2. The minimum Gasteiger partial charge on any atom is -0.489 e. The van der Waals surface area contributed by atoms with Crippen LogP contribution in [-0.4, -0.2) is 77.0 Å². The molecule has 10 heteroatoms. The van der Waals surface area contributed by atoms with Gasteiger partial charge in [0.2, 0.25) is 0 Å². The molecule has 192 valence electrons. The highest BCUT2D eigenvalue weighted by molar-refractivity contribution is 6.09. The van der Waals surface area contributed by atoms with Crippen molar-refractivity contribution in [2.45, 2.75) is 24.4 Å². The monoisotopic (exact) mass is 504 g/mol. The fourth-order valence-electron chi connectivity index (χ4n) is 6.09. The van der Waals surface area contributed by atoms with Gasteiger partial charge in [-0.1, -0.05) is 0 Å². The molecule has 3 aliphatic rings. The standard InChI is InChI=1S/C27H29FN6O3/c1-31(2)17-6-8-33(9-7-17)21-5-4-16(11-30-21)22-18(28)10-19-23-24-20(12-29-19)32(3)26(35)34(24)27(13-36-14-27)15-37-25(22)23/h4-5,10-12,17H,6-9,13-15H2,1-3H3. The van der Waals surface area contributed by atoms with Gasteiger partial charge in [-0.05, 0) is 39.1 Å². The van der Waals surface area contributed by atoms with E-state index in [9.17, 15) is 4.79 Å². The largest absolute Gasteiger partial charge is 0.489 e. The van der Waals surface area contributed by atoms with Gasteiger partial charge in [0.1, 0.15) is 29.5 Å². The van der Waals surface area contributed by atoms with Gasteiger partial charge < -0.3 is 19.3 Å². The minimum atomic E-state index is -0.627. The van der Waals surface area contributed by atoms with Crippen molar-refractivity contribution in [2.24, 2.45) is 7.05 Å². The van der Waals surface area contributed by atoms with E-state index in [-0.39, 0.29) is 12.3 Å². The van der Waals surface area contributed by atoms with Gasteiger partial charge in [-0.3, -0.25) is 14.1 Å². The summed E-state index contributed by atoms with van der Waals surface area (Å²) in [7, 11) is 5.98. The number of aromatic nitrogens is 4. The summed E-state index contributed by atoms with van der Waals surface area (Å²) in [6.45, 7) is 2.81. The minimum absolute atomic E-state index is 0.154. The summed E-state index contributed by atoms with van der Waals surface area (Å²) in [6, 6.07) is 5.87. The molecule has 3 aromatic heterocycles. The van der Waals surface area contributed by atoms with Gasteiger partial charge in [-0.25, -0.2) is 14.2 Å². The Morgan fingerprint density at radius 1 is 1.11 bits per heavy atom. The zero-order valence-corrected chi connectivity index (χ0v) is 21.2. The molecule has 37 heavy (non-hydrogen) atoms. The molecular formula is C27H29FN6O3. The zero-order valence-electron chi connectivity index (χ0n) is 21.2. The van der Waals surface area contributed by atoms with Crippen LogP contribution in [0, 0.1) is 5.82 Å². The molecule has 1 spiro atoms. The summed E-state index contributed by atoms with van der Waals surface area (Å²) in [5, 5.41) is 0.644. The topological polar surface area (TPSA) is 77.6 Å². The molecule has 2 saturated heterocycles. The normalized spacial score (nSPS) is 19.1. The summed E-state index contributed by atoms with van der Waals surface area (Å²) in [5.41, 5.74) is 2.04. The van der Waals surface area contributed by atoms with E-state index in [1.807, 2.05) is 12.1 Å². The highest BCUT2D eigenvalue weighted by atomic mass is 19.1. The summed E-state index contributed by atoms with van der Waals surface area (Å²) in [5.74, 6) is 0.861. The first-order valence-electron chi connectivity index (χ1n) is 12.7. The Hall–Kier alpha value is -3.50. The van der Waals surface area contributed by atoms with Crippen molar-refractivity contribution in [3.63, 3.8) is 0 Å². The van der Waals surface area contributed by atoms with Crippen LogP contribution in [0.3, 0.4) is 0 Å². The summed E-state index contributed by atoms with van der Waals surface area (Å²) in [4.78, 5) is 27.1. The Morgan fingerprint density at radius 2 is 1.89 bits per heavy atom. The lowest BCUT2D eigenvalue weighted by molar-refractivity contribution is -0.118. The third-order valence-electron chi connectivity index (χ3n) is 8.34. The van der Waals surface area contributed by atoms with Crippen molar-refractivity contribution in [3.05, 3.63) is 46.9 Å². The Balaban J connectivity index is 1.35. The molecule has 0 amide bonds. The van der Waals surface area contributed by atoms with Crippen LogP contribution in [0.2, 0.25) is 0 Å². The van der Waals surface area contributed by atoms with Gasteiger partial charge in [0.25, 0.3) is 0 Å². The van der Waals surface area contributed by atoms with Crippen LogP contribution in [0.5, 0.6) is 5.75 Å². The van der Waals surface area contributed by atoms with Gasteiger partial charge in [0, 0.05) is 44.0 Å². The summed E-state index contributed by atoms with van der Waals surface area (Å²) in [6.07, 6.45) is 5.52. The molecule has 0 N–H and O–H groups in total. The van der Waals surface area contributed by atoms with E-state index >= 15 is 4.39 Å². The predicted octanol–water partition coefficient (Wildman–Crippen LogP) is 2.74. The van der Waals surface area contributed by atoms with Crippen LogP contribution >= 0.6 is 0 Å². The van der Waals surface area contributed by atoms with Gasteiger partial charge >= 0.3 is 5.69 Å². The third-order valence-corrected chi connectivity index (χ3v) is 8.34. The molecule has 1 aromatic carbocycles. The Kier molecular flexibility index (Phi) is 4.90. The van der Waals surface area contributed by atoms with Crippen LogP contribution in [0.25, 0.3) is 33.1 Å². The summed E-state index contributed by atoms with van der Waals surface area (Å²) >= 11 is 0. The average Bonchev–Trinajstić information content (AvgIpc) is 3.03. The molecule has 2 fully saturated rings. The predicted molar refractivity (Wildman–Crippen MR) is 139 cm³/mol. The van der Waals surface area contributed by atoms with E-state index in [2.05, 4.69) is 28.9 Å². The van der Waals surface area contributed by atoms with Gasteiger partial charge in [-0.15, -0.1) is 0 Å². The maximum absolute atomic E-state index is 15.7. The number of hydrogen-bond acceptors (Lipinski definition) is 7. The molecule has 7 rings (SSSR count). The van der Waals surface area contributed by atoms with Gasteiger partial charge in [0.15, 0.2) is 0 Å². The molecule has 0 saturated carbocycles. The van der Waals surface area contributed by atoms with Crippen molar-refractivity contribution in [1.82, 2.24) is 24.0 Å². The van der Waals surface area contributed by atoms with E-state index in [4.69, 9.17) is 14.5 Å². The van der Waals surface area contributed by atoms with Crippen LogP contribution in [0.4, 0.5) is 10.2 Å². The Labute approximate surface area is 213 Å². The molecule has 0 unspecified atom stereocenters. The first-order valence-corrected chi connectivity index (χ1v) is 12.7. The first kappa shape index (κ1) is 22.7. The van der Waals surface area contributed by atoms with Crippen molar-refractivity contribution < 1.29 is 13.9 Å². The Bertz CT molecular complexity index is 1600. The van der Waals surface area contributed by atoms with Gasteiger partial charge in [-0.2, -0.15) is 0 Å². The lowest BCUT2D eigenvalue weighted by Crippen LogP contribution is -2.58. The second-order valence-electron chi connectivity index (χ2n) is 10.7. The maximum Gasteiger partial charge on any atom is 0.329 e. The smallest absolute Gasteiger partial charge is 0.329 e. The van der Waals surface area contributed by atoms with E-state index in [1.165, 1.54) is 6.07 Å². The molecule has 3 aliphatic heterocycles. The number of fused-ring (bicyclic) bond motifs is 1. The molecule has 0 bridgehead atoms. The van der Waals surface area contributed by atoms with Gasteiger partial charge in [0.05, 0.1) is 46.9 Å². The average molecular weight is 505 g/mol. The molecule has 0 aliphatic carbocycles. The van der Waals surface area contributed by atoms with Crippen molar-refractivity contribution >= 4 is 27.8 Å². The van der Waals surface area contributed by atoms with Crippen LogP contribution in [-0.2, 0) is 17.3 Å². The number of piperidine rings is 1. The Morgan fingerprint density at radius 3 is 2.54 bits per heavy atom. The van der Waals surface area contributed by atoms with E-state index in [0.29, 0.717) is 58.1 Å². The lowest BCUT2D eigenvalue weighted by Gasteiger charge is -2.40. The maximum atomic E-state index is 15.7. The van der Waals surface area contributed by atoms with E-state index in [0.717, 1.165) is 31.7 Å². The first-order chi connectivity index (χ1) is 17.9. The number of benzene rings is 1. The zero-order chi connectivity index (χ0) is 25.5. The second kappa shape index (κ2) is 8.00. The number of halogens is 1. The SMILES string of the molecule is CN(C)C1CCN(c2ccc(-c3c(F)cc4ncc5c6c4c3OCC3(COC3)n6c(=O)n5C)cn2)CC1. The number of aryl methyl sites for hydroxylation is 1. The highest BCUT2D eigenvalue weighted by Crippen LogP contribution is 2.45. The van der Waals surface area contributed by atoms with E-state index < -0.39 is 11.4 Å². The number of nitrogens with zero attached hydrogens (tertiary/aromatic N) is 6. The molecule has 0 radical (unpaired) electrons. The number of hydrogen-bond donors (Lipinski definition) is 0. The fraction of sp³-hybridized carbons (Fsp3) is 0.444. The molecular weight excluding hydrogens is 475 g/mol. The molecule has 0 atom stereocenters. The van der Waals surface area contributed by atoms with Crippen LogP contribution in [0.1, 0.15) is 12.8 Å². The number of anilines is 1. The summed E-state index contributed by atoms with van der Waals surface area (Å²) < 4.78 is 30.9. The van der Waals surface area contributed by atoms with Crippen LogP contribution < -0.4 is 15.3 Å². The third kappa shape index (κ3) is 3.18. The van der Waals surface area contributed by atoms with Crippen molar-refractivity contribution in [1.29, 1.82) is 0 Å². The van der Waals surface area contributed by atoms with E-state index in [1.54, 1.807) is 28.6 Å². The number of ether oxygens (including phenoxy) is 2.